The Bertz CT molecular complexity index is 809. The number of benzene rings is 3. The molecule has 4 heteroatoms. The van der Waals surface area contributed by atoms with Crippen LogP contribution in [0, 0.1) is 11.6 Å². The fourth-order valence-electron chi connectivity index (χ4n) is 2.64. The minimum atomic E-state index is -0.725. The predicted octanol–water partition coefficient (Wildman–Crippen LogP) is 4.81. The first kappa shape index (κ1) is 16.8. The number of rotatable bonds is 5. The Morgan fingerprint density at radius 3 is 1.80 bits per heavy atom. The van der Waals surface area contributed by atoms with Gasteiger partial charge in [0.05, 0.1) is 5.56 Å². The van der Waals surface area contributed by atoms with Crippen LogP contribution in [0.4, 0.5) is 8.78 Å². The largest absolute Gasteiger partial charge is 0.330 e. The van der Waals surface area contributed by atoms with Crippen LogP contribution >= 0.6 is 0 Å². The Morgan fingerprint density at radius 1 is 0.760 bits per heavy atom. The summed E-state index contributed by atoms with van der Waals surface area (Å²) < 4.78 is 27.5. The van der Waals surface area contributed by atoms with Crippen molar-refractivity contribution >= 4 is 5.91 Å². The smallest absolute Gasteiger partial charge is 0.257 e. The minimum Gasteiger partial charge on any atom is -0.330 e. The lowest BCUT2D eigenvalue weighted by atomic mass is 10.1. The van der Waals surface area contributed by atoms with Gasteiger partial charge in [0, 0.05) is 13.1 Å². The van der Waals surface area contributed by atoms with Gasteiger partial charge < -0.3 is 4.90 Å². The standard InChI is InChI=1S/C21H17F2NO/c22-18-11-12-20(23)19(13-18)21(25)24(14-16-7-3-1-4-8-16)15-17-9-5-2-6-10-17/h1-13H,14-15H2. The maximum Gasteiger partial charge on any atom is 0.257 e. The van der Waals surface area contributed by atoms with Gasteiger partial charge >= 0.3 is 0 Å². The maximum atomic E-state index is 14.0. The molecule has 0 aromatic heterocycles. The lowest BCUT2D eigenvalue weighted by Gasteiger charge is -2.23. The lowest BCUT2D eigenvalue weighted by molar-refractivity contribution is 0.0724. The Kier molecular flexibility index (Phi) is 5.19. The van der Waals surface area contributed by atoms with E-state index >= 15 is 0 Å². The van der Waals surface area contributed by atoms with Gasteiger partial charge in [0.2, 0.25) is 0 Å². The number of carbonyl (C=O) groups is 1. The average Bonchev–Trinajstić information content (AvgIpc) is 2.64. The van der Waals surface area contributed by atoms with Crippen LogP contribution in [-0.2, 0) is 13.1 Å². The van der Waals surface area contributed by atoms with E-state index < -0.39 is 17.5 Å². The van der Waals surface area contributed by atoms with Crippen LogP contribution in [0.2, 0.25) is 0 Å². The highest BCUT2D eigenvalue weighted by molar-refractivity contribution is 5.94. The fraction of sp³-hybridized carbons (Fsp3) is 0.0952. The second kappa shape index (κ2) is 7.71. The Hall–Kier alpha value is -3.01. The molecule has 3 rings (SSSR count). The van der Waals surface area contributed by atoms with Crippen molar-refractivity contribution in [3.05, 3.63) is 107 Å². The summed E-state index contributed by atoms with van der Waals surface area (Å²) in [5.74, 6) is -1.90. The van der Waals surface area contributed by atoms with Crippen LogP contribution in [0.5, 0.6) is 0 Å². The van der Waals surface area contributed by atoms with Crippen molar-refractivity contribution in [2.75, 3.05) is 0 Å². The number of amides is 1. The molecule has 0 saturated carbocycles. The zero-order valence-electron chi connectivity index (χ0n) is 13.5. The van der Waals surface area contributed by atoms with Crippen molar-refractivity contribution in [3.63, 3.8) is 0 Å². The molecule has 0 unspecified atom stereocenters. The van der Waals surface area contributed by atoms with Crippen molar-refractivity contribution in [3.8, 4) is 0 Å². The monoisotopic (exact) mass is 337 g/mol. The summed E-state index contributed by atoms with van der Waals surface area (Å²) in [6.45, 7) is 0.620. The van der Waals surface area contributed by atoms with Crippen molar-refractivity contribution in [1.82, 2.24) is 4.90 Å². The molecule has 0 spiro atoms. The van der Waals surface area contributed by atoms with Gasteiger partial charge in [-0.25, -0.2) is 8.78 Å². The second-order valence-electron chi connectivity index (χ2n) is 5.76. The van der Waals surface area contributed by atoms with Gasteiger partial charge in [-0.1, -0.05) is 60.7 Å². The highest BCUT2D eigenvalue weighted by Gasteiger charge is 2.20. The molecule has 0 saturated heterocycles. The molecule has 2 nitrogen and oxygen atoms in total. The van der Waals surface area contributed by atoms with E-state index in [9.17, 15) is 13.6 Å². The van der Waals surface area contributed by atoms with Crippen LogP contribution < -0.4 is 0 Å². The normalized spacial score (nSPS) is 10.5. The fourth-order valence-corrected chi connectivity index (χ4v) is 2.64. The number of nitrogens with zero attached hydrogens (tertiary/aromatic N) is 1. The third-order valence-corrected chi connectivity index (χ3v) is 3.88. The zero-order valence-corrected chi connectivity index (χ0v) is 13.5. The number of carbonyl (C=O) groups excluding carboxylic acids is 1. The molecule has 0 N–H and O–H groups in total. The topological polar surface area (TPSA) is 20.3 Å². The van der Waals surface area contributed by atoms with Crippen LogP contribution in [0.15, 0.2) is 78.9 Å². The van der Waals surface area contributed by atoms with E-state index in [4.69, 9.17) is 0 Å². The van der Waals surface area contributed by atoms with Gasteiger partial charge in [0.1, 0.15) is 11.6 Å². The molecule has 1 amide bonds. The van der Waals surface area contributed by atoms with Crippen LogP contribution in [-0.4, -0.2) is 10.8 Å². The highest BCUT2D eigenvalue weighted by atomic mass is 19.1. The number of hydrogen-bond donors (Lipinski definition) is 0. The van der Waals surface area contributed by atoms with Crippen LogP contribution in [0.3, 0.4) is 0 Å². The van der Waals surface area contributed by atoms with E-state index in [1.54, 1.807) is 0 Å². The third kappa shape index (κ3) is 4.29. The molecule has 0 aliphatic rings. The molecular weight excluding hydrogens is 320 g/mol. The summed E-state index contributed by atoms with van der Waals surface area (Å²) in [6, 6.07) is 21.8. The van der Waals surface area contributed by atoms with Crippen LogP contribution in [0.1, 0.15) is 21.5 Å². The summed E-state index contributed by atoms with van der Waals surface area (Å²) in [5, 5.41) is 0. The molecule has 25 heavy (non-hydrogen) atoms. The summed E-state index contributed by atoms with van der Waals surface area (Å²) in [6.07, 6.45) is 0. The maximum absolute atomic E-state index is 14.0. The van der Waals surface area contributed by atoms with Gasteiger partial charge in [0.25, 0.3) is 5.91 Å². The summed E-state index contributed by atoms with van der Waals surface area (Å²) >= 11 is 0. The first-order chi connectivity index (χ1) is 12.1. The quantitative estimate of drug-likeness (QED) is 0.654. The van der Waals surface area contributed by atoms with E-state index in [-0.39, 0.29) is 5.56 Å². The van der Waals surface area contributed by atoms with E-state index in [2.05, 4.69) is 0 Å². The number of hydrogen-bond acceptors (Lipinski definition) is 1. The lowest BCUT2D eigenvalue weighted by Crippen LogP contribution is -2.31. The van der Waals surface area contributed by atoms with Crippen LogP contribution in [0.25, 0.3) is 0 Å². The van der Waals surface area contributed by atoms with Gasteiger partial charge in [0.15, 0.2) is 0 Å². The molecule has 0 heterocycles. The van der Waals surface area contributed by atoms with Gasteiger partial charge in [-0.2, -0.15) is 0 Å². The second-order valence-corrected chi connectivity index (χ2v) is 5.76. The molecule has 0 atom stereocenters. The van der Waals surface area contributed by atoms with Crippen molar-refractivity contribution in [2.24, 2.45) is 0 Å². The van der Waals surface area contributed by atoms with Crippen molar-refractivity contribution in [1.29, 1.82) is 0 Å². The molecule has 3 aromatic rings. The molecule has 0 fully saturated rings. The molecule has 0 bridgehead atoms. The summed E-state index contributed by atoms with van der Waals surface area (Å²) in [5.41, 5.74) is 1.58. The van der Waals surface area contributed by atoms with Gasteiger partial charge in [-0.15, -0.1) is 0 Å². The Labute approximate surface area is 145 Å². The average molecular weight is 337 g/mol. The van der Waals surface area contributed by atoms with Gasteiger partial charge in [-0.05, 0) is 29.3 Å². The van der Waals surface area contributed by atoms with Crippen molar-refractivity contribution in [2.45, 2.75) is 13.1 Å². The minimum absolute atomic E-state index is 0.258. The summed E-state index contributed by atoms with van der Waals surface area (Å²) in [7, 11) is 0. The summed E-state index contributed by atoms with van der Waals surface area (Å²) in [4.78, 5) is 14.4. The highest BCUT2D eigenvalue weighted by Crippen LogP contribution is 2.17. The first-order valence-electron chi connectivity index (χ1n) is 7.95. The molecular formula is C21H17F2NO. The Balaban J connectivity index is 1.92. The van der Waals surface area contributed by atoms with Crippen molar-refractivity contribution < 1.29 is 13.6 Å². The molecule has 0 aliphatic carbocycles. The van der Waals surface area contributed by atoms with Gasteiger partial charge in [-0.3, -0.25) is 4.79 Å². The number of halogens is 2. The van der Waals surface area contributed by atoms with E-state index in [1.807, 2.05) is 60.7 Å². The van der Waals surface area contributed by atoms with E-state index in [0.29, 0.717) is 13.1 Å². The first-order valence-corrected chi connectivity index (χ1v) is 7.95. The Morgan fingerprint density at radius 2 is 1.28 bits per heavy atom. The SMILES string of the molecule is O=C(c1cc(F)ccc1F)N(Cc1ccccc1)Cc1ccccc1. The zero-order chi connectivity index (χ0) is 17.6. The molecule has 126 valence electrons. The molecule has 0 radical (unpaired) electrons. The third-order valence-electron chi connectivity index (χ3n) is 3.88. The molecule has 3 aromatic carbocycles. The van der Waals surface area contributed by atoms with E-state index in [0.717, 1.165) is 29.3 Å². The predicted molar refractivity (Wildman–Crippen MR) is 92.8 cm³/mol. The molecule has 0 aliphatic heterocycles. The van der Waals surface area contributed by atoms with E-state index in [1.165, 1.54) is 4.90 Å².